The first-order valence-corrected chi connectivity index (χ1v) is 9.90. The highest BCUT2D eigenvalue weighted by Crippen LogP contribution is 2.26. The molecule has 0 fully saturated rings. The number of unbranched alkanes of at least 4 members (excludes halogenated alkanes) is 3. The average molecular weight is 356 g/mol. The lowest BCUT2D eigenvalue weighted by molar-refractivity contribution is 0.171. The zero-order chi connectivity index (χ0) is 16.7. The van der Waals surface area contributed by atoms with E-state index in [2.05, 4.69) is 15.0 Å². The maximum absolute atomic E-state index is 12.3. The molecule has 0 aliphatic rings. The number of hydrogen-bond donors (Lipinski definition) is 1. The minimum Gasteiger partial charge on any atom is -0.453 e. The molecule has 0 bridgehead atoms. The number of para-hydroxylation sites is 1. The van der Waals surface area contributed by atoms with Crippen LogP contribution in [0.4, 0.5) is 4.79 Å². The van der Waals surface area contributed by atoms with Crippen molar-refractivity contribution in [3.05, 3.63) is 24.3 Å². The van der Waals surface area contributed by atoms with Gasteiger partial charge in [0.25, 0.3) is 0 Å². The summed E-state index contributed by atoms with van der Waals surface area (Å²) in [7, 11) is -1.99. The molecule has 0 aliphatic carbocycles. The highest BCUT2D eigenvalue weighted by atomic mass is 32.2. The minimum atomic E-state index is -3.31. The predicted molar refractivity (Wildman–Crippen MR) is 90.5 cm³/mol. The fourth-order valence-electron chi connectivity index (χ4n) is 2.10. The fourth-order valence-corrected chi connectivity index (χ4v) is 4.83. The Morgan fingerprint density at radius 2 is 1.96 bits per heavy atom. The van der Waals surface area contributed by atoms with Gasteiger partial charge >= 0.3 is 6.09 Å². The monoisotopic (exact) mass is 356 g/mol. The number of carbonyl (C=O) groups is 1. The highest BCUT2D eigenvalue weighted by Gasteiger charge is 2.18. The summed E-state index contributed by atoms with van der Waals surface area (Å²) >= 11 is 1.22. The molecule has 2 rings (SSSR count). The van der Waals surface area contributed by atoms with E-state index in [9.17, 15) is 13.2 Å². The highest BCUT2D eigenvalue weighted by molar-refractivity contribution is 7.93. The van der Waals surface area contributed by atoms with Crippen molar-refractivity contribution in [1.29, 1.82) is 0 Å². The van der Waals surface area contributed by atoms with Crippen molar-refractivity contribution in [2.45, 2.75) is 30.0 Å². The normalized spacial score (nSPS) is 11.5. The molecule has 1 heterocycles. The number of amides is 1. The van der Waals surface area contributed by atoms with Gasteiger partial charge in [-0.15, -0.1) is 11.3 Å². The smallest absolute Gasteiger partial charge is 0.406 e. The van der Waals surface area contributed by atoms with Gasteiger partial charge in [0.2, 0.25) is 14.2 Å². The van der Waals surface area contributed by atoms with Gasteiger partial charge in [0, 0.05) is 6.54 Å². The number of methoxy groups -OCH3 is 1. The Kier molecular flexibility index (Phi) is 6.35. The van der Waals surface area contributed by atoms with Crippen LogP contribution in [0.2, 0.25) is 0 Å². The number of fused-ring (bicyclic) bond motifs is 1. The van der Waals surface area contributed by atoms with E-state index in [0.717, 1.165) is 29.5 Å². The standard InChI is InChI=1S/C15H20N2O4S2/c1-21-14(18)16-10-6-2-3-7-11-23(19,20)15-17-12-8-4-5-9-13(12)22-15/h4-5,8-9H,2-3,6-7,10-11H2,1H3,(H,16,18). The Hall–Kier alpha value is -1.67. The minimum absolute atomic E-state index is 0.108. The Balaban J connectivity index is 1.75. The third kappa shape index (κ3) is 5.18. The molecular formula is C15H20N2O4S2. The number of aromatic nitrogens is 1. The SMILES string of the molecule is COC(=O)NCCCCCCS(=O)(=O)c1nc2ccccc2s1. The molecule has 2 aromatic rings. The van der Waals surface area contributed by atoms with Crippen LogP contribution in [0.25, 0.3) is 10.2 Å². The van der Waals surface area contributed by atoms with Crippen molar-refractivity contribution in [1.82, 2.24) is 10.3 Å². The Morgan fingerprint density at radius 3 is 2.70 bits per heavy atom. The summed E-state index contributed by atoms with van der Waals surface area (Å²) in [6.07, 6.45) is 2.61. The third-order valence-corrected chi connectivity index (χ3v) is 6.63. The number of ether oxygens (including phenoxy) is 1. The molecule has 0 atom stereocenters. The summed E-state index contributed by atoms with van der Waals surface area (Å²) in [5.41, 5.74) is 0.727. The Labute approximate surface area is 139 Å². The molecule has 0 spiro atoms. The van der Waals surface area contributed by atoms with Gasteiger partial charge in [-0.2, -0.15) is 0 Å². The lowest BCUT2D eigenvalue weighted by Gasteiger charge is -2.03. The van der Waals surface area contributed by atoms with Crippen molar-refractivity contribution < 1.29 is 17.9 Å². The summed E-state index contributed by atoms with van der Waals surface area (Å²) < 4.78 is 30.1. The van der Waals surface area contributed by atoms with Crippen molar-refractivity contribution >= 4 is 37.5 Å². The summed E-state index contributed by atoms with van der Waals surface area (Å²) in [5, 5.41) is 2.59. The topological polar surface area (TPSA) is 85.4 Å². The van der Waals surface area contributed by atoms with Crippen molar-refractivity contribution in [2.75, 3.05) is 19.4 Å². The molecule has 0 radical (unpaired) electrons. The molecule has 0 saturated heterocycles. The van der Waals surface area contributed by atoms with Gasteiger partial charge in [0.05, 0.1) is 23.1 Å². The zero-order valence-corrected chi connectivity index (χ0v) is 14.6. The molecule has 126 valence electrons. The summed E-state index contributed by atoms with van der Waals surface area (Å²) in [6.45, 7) is 0.539. The first-order valence-electron chi connectivity index (χ1n) is 7.43. The Morgan fingerprint density at radius 1 is 1.22 bits per heavy atom. The Bertz CT molecular complexity index is 723. The maximum Gasteiger partial charge on any atom is 0.406 e. The molecule has 1 amide bonds. The van der Waals surface area contributed by atoms with Crippen LogP contribution in [0.15, 0.2) is 28.6 Å². The van der Waals surface area contributed by atoms with Gasteiger partial charge in [0.1, 0.15) is 0 Å². The first-order chi connectivity index (χ1) is 11.0. The van der Waals surface area contributed by atoms with Crippen LogP contribution < -0.4 is 5.32 Å². The molecule has 0 saturated carbocycles. The summed E-state index contributed by atoms with van der Waals surface area (Å²) in [6, 6.07) is 7.42. The molecule has 0 unspecified atom stereocenters. The maximum atomic E-state index is 12.3. The van der Waals surface area contributed by atoms with Gasteiger partial charge < -0.3 is 10.1 Å². The lowest BCUT2D eigenvalue weighted by Crippen LogP contribution is -2.23. The molecule has 6 nitrogen and oxygen atoms in total. The number of carbonyl (C=O) groups excluding carboxylic acids is 1. The molecule has 1 aromatic heterocycles. The van der Waals surface area contributed by atoms with Crippen LogP contribution in [-0.4, -0.2) is 38.9 Å². The number of thiazole rings is 1. The number of hydrogen-bond acceptors (Lipinski definition) is 6. The van der Waals surface area contributed by atoms with Crippen LogP contribution >= 0.6 is 11.3 Å². The van der Waals surface area contributed by atoms with E-state index in [1.165, 1.54) is 18.4 Å². The lowest BCUT2D eigenvalue weighted by atomic mass is 10.2. The second-order valence-electron chi connectivity index (χ2n) is 5.10. The summed E-state index contributed by atoms with van der Waals surface area (Å²) in [4.78, 5) is 15.1. The first kappa shape index (κ1) is 17.7. The number of rotatable bonds is 8. The predicted octanol–water partition coefficient (Wildman–Crippen LogP) is 2.99. The van der Waals surface area contributed by atoms with Crippen LogP contribution in [0, 0.1) is 0 Å². The van der Waals surface area contributed by atoms with E-state index >= 15 is 0 Å². The van der Waals surface area contributed by atoms with Gasteiger partial charge in [0.15, 0.2) is 0 Å². The van der Waals surface area contributed by atoms with Crippen molar-refractivity contribution in [3.63, 3.8) is 0 Å². The second kappa shape index (κ2) is 8.26. The van der Waals surface area contributed by atoms with E-state index < -0.39 is 15.9 Å². The van der Waals surface area contributed by atoms with E-state index in [1.54, 1.807) is 0 Å². The van der Waals surface area contributed by atoms with Crippen molar-refractivity contribution in [2.24, 2.45) is 0 Å². The van der Waals surface area contributed by atoms with E-state index in [4.69, 9.17) is 0 Å². The molecule has 0 aliphatic heterocycles. The van der Waals surface area contributed by atoms with Crippen LogP contribution in [0.1, 0.15) is 25.7 Å². The van der Waals surface area contributed by atoms with E-state index in [0.29, 0.717) is 13.0 Å². The number of nitrogens with one attached hydrogen (secondary N) is 1. The fraction of sp³-hybridized carbons (Fsp3) is 0.467. The van der Waals surface area contributed by atoms with Gasteiger partial charge in [-0.05, 0) is 25.0 Å². The van der Waals surface area contributed by atoms with E-state index in [1.807, 2.05) is 24.3 Å². The molecule has 23 heavy (non-hydrogen) atoms. The van der Waals surface area contributed by atoms with Gasteiger partial charge in [-0.3, -0.25) is 0 Å². The van der Waals surface area contributed by atoms with Gasteiger partial charge in [-0.1, -0.05) is 25.0 Å². The molecular weight excluding hydrogens is 336 g/mol. The number of nitrogens with zero attached hydrogens (tertiary/aromatic N) is 1. The van der Waals surface area contributed by atoms with E-state index in [-0.39, 0.29) is 10.1 Å². The number of benzene rings is 1. The average Bonchev–Trinajstić information content (AvgIpc) is 2.98. The third-order valence-electron chi connectivity index (χ3n) is 3.33. The number of sulfone groups is 1. The van der Waals surface area contributed by atoms with Crippen molar-refractivity contribution in [3.8, 4) is 0 Å². The quantitative estimate of drug-likeness (QED) is 0.735. The van der Waals surface area contributed by atoms with Crippen LogP contribution in [0.3, 0.4) is 0 Å². The largest absolute Gasteiger partial charge is 0.453 e. The molecule has 8 heteroatoms. The molecule has 1 N–H and O–H groups in total. The van der Waals surface area contributed by atoms with Gasteiger partial charge in [-0.25, -0.2) is 18.2 Å². The van der Waals surface area contributed by atoms with Crippen LogP contribution in [0.5, 0.6) is 0 Å². The zero-order valence-electron chi connectivity index (χ0n) is 12.9. The number of alkyl carbamates (subject to hydrolysis) is 1. The van der Waals surface area contributed by atoms with Crippen LogP contribution in [-0.2, 0) is 14.6 Å². The second-order valence-corrected chi connectivity index (χ2v) is 8.41. The molecule has 1 aromatic carbocycles. The summed E-state index contributed by atoms with van der Waals surface area (Å²) in [5.74, 6) is 0.108.